The summed E-state index contributed by atoms with van der Waals surface area (Å²) in [4.78, 5) is 36.9. The number of hydrogen-bond acceptors (Lipinski definition) is 6. The first-order valence-electron chi connectivity index (χ1n) is 9.46. The minimum atomic E-state index is -0.320. The Bertz CT molecular complexity index is 1010. The summed E-state index contributed by atoms with van der Waals surface area (Å²) in [6, 6.07) is 10.4. The predicted molar refractivity (Wildman–Crippen MR) is 122 cm³/mol. The number of carbonyl (C=O) groups is 3. The monoisotopic (exact) mass is 460 g/mol. The van der Waals surface area contributed by atoms with Crippen LogP contribution < -0.4 is 14.8 Å². The SMILES string of the molecule is CCOc1cc(C=CC(=O)Nc2ccc(CN3C(=O)CSC3=O)cc2)cc(Cl)c1OC. The Kier molecular flexibility index (Phi) is 7.59. The average Bonchev–Trinajstić information content (AvgIpc) is 3.06. The molecule has 0 aliphatic carbocycles. The van der Waals surface area contributed by atoms with Crippen molar-refractivity contribution in [2.45, 2.75) is 13.5 Å². The topological polar surface area (TPSA) is 84.9 Å². The number of amides is 3. The van der Waals surface area contributed by atoms with Gasteiger partial charge >= 0.3 is 0 Å². The number of anilines is 1. The molecule has 31 heavy (non-hydrogen) atoms. The number of ether oxygens (including phenoxy) is 2. The third-order valence-corrected chi connectivity index (χ3v) is 5.51. The van der Waals surface area contributed by atoms with E-state index in [-0.39, 0.29) is 29.4 Å². The maximum Gasteiger partial charge on any atom is 0.289 e. The maximum atomic E-state index is 12.3. The smallest absolute Gasteiger partial charge is 0.289 e. The number of thioether (sulfide) groups is 1. The molecule has 0 spiro atoms. The molecule has 1 saturated heterocycles. The van der Waals surface area contributed by atoms with Crippen molar-refractivity contribution in [2.24, 2.45) is 0 Å². The zero-order valence-corrected chi connectivity index (χ0v) is 18.6. The predicted octanol–water partition coefficient (Wildman–Crippen LogP) is 4.59. The molecular weight excluding hydrogens is 440 g/mol. The molecule has 0 radical (unpaired) electrons. The van der Waals surface area contributed by atoms with Crippen LogP contribution >= 0.6 is 23.4 Å². The highest BCUT2D eigenvalue weighted by Crippen LogP contribution is 2.36. The van der Waals surface area contributed by atoms with Crippen LogP contribution in [0.1, 0.15) is 18.1 Å². The van der Waals surface area contributed by atoms with Gasteiger partial charge in [0.2, 0.25) is 11.8 Å². The average molecular weight is 461 g/mol. The van der Waals surface area contributed by atoms with Gasteiger partial charge in [-0.1, -0.05) is 35.5 Å². The lowest BCUT2D eigenvalue weighted by atomic mass is 10.1. The molecule has 3 rings (SSSR count). The molecule has 1 heterocycles. The molecule has 7 nitrogen and oxygen atoms in total. The van der Waals surface area contributed by atoms with Gasteiger partial charge in [-0.2, -0.15) is 0 Å². The van der Waals surface area contributed by atoms with Gasteiger partial charge in [-0.3, -0.25) is 19.3 Å². The summed E-state index contributed by atoms with van der Waals surface area (Å²) in [5, 5.41) is 2.91. The highest BCUT2D eigenvalue weighted by molar-refractivity contribution is 8.14. The second-order valence-electron chi connectivity index (χ2n) is 6.52. The lowest BCUT2D eigenvalue weighted by Gasteiger charge is -2.13. The van der Waals surface area contributed by atoms with E-state index < -0.39 is 0 Å². The van der Waals surface area contributed by atoms with Gasteiger partial charge in [-0.05, 0) is 48.4 Å². The molecule has 3 amide bonds. The number of methoxy groups -OCH3 is 1. The molecule has 162 valence electrons. The quantitative estimate of drug-likeness (QED) is 0.580. The van der Waals surface area contributed by atoms with Gasteiger partial charge in [0, 0.05) is 11.8 Å². The minimum Gasteiger partial charge on any atom is -0.491 e. The van der Waals surface area contributed by atoms with Crippen LogP contribution in [0.5, 0.6) is 11.5 Å². The number of benzene rings is 2. The third kappa shape index (κ3) is 5.80. The second kappa shape index (κ2) is 10.4. The molecule has 1 N–H and O–H groups in total. The Balaban J connectivity index is 1.62. The zero-order valence-electron chi connectivity index (χ0n) is 17.0. The van der Waals surface area contributed by atoms with Gasteiger partial charge in [0.05, 0.1) is 31.0 Å². The number of imide groups is 1. The van der Waals surface area contributed by atoms with Crippen LogP contribution in [0, 0.1) is 0 Å². The van der Waals surface area contributed by atoms with Gasteiger partial charge in [-0.25, -0.2) is 0 Å². The summed E-state index contributed by atoms with van der Waals surface area (Å²) in [6.07, 6.45) is 3.01. The van der Waals surface area contributed by atoms with Crippen LogP contribution in [-0.2, 0) is 16.1 Å². The molecule has 2 aromatic rings. The van der Waals surface area contributed by atoms with E-state index in [4.69, 9.17) is 21.1 Å². The standard InChI is InChI=1S/C22H21ClN2O5S/c1-3-30-18-11-15(10-17(23)21(18)29-2)6-9-19(26)24-16-7-4-14(5-8-16)12-25-20(27)13-31-22(25)28/h4-11H,3,12-13H2,1-2H3,(H,24,26). The van der Waals surface area contributed by atoms with E-state index in [1.165, 1.54) is 18.1 Å². The molecule has 0 unspecified atom stereocenters. The van der Waals surface area contributed by atoms with Crippen molar-refractivity contribution in [1.29, 1.82) is 0 Å². The van der Waals surface area contributed by atoms with E-state index in [2.05, 4.69) is 5.32 Å². The maximum absolute atomic E-state index is 12.3. The van der Waals surface area contributed by atoms with Crippen LogP contribution in [-0.4, -0.2) is 41.4 Å². The number of halogens is 1. The summed E-state index contributed by atoms with van der Waals surface area (Å²) in [7, 11) is 1.51. The Hall–Kier alpha value is -2.97. The summed E-state index contributed by atoms with van der Waals surface area (Å²) in [6.45, 7) is 2.53. The Morgan fingerprint density at radius 1 is 1.26 bits per heavy atom. The van der Waals surface area contributed by atoms with Crippen LogP contribution in [0.25, 0.3) is 6.08 Å². The van der Waals surface area contributed by atoms with Crippen LogP contribution in [0.2, 0.25) is 5.02 Å². The van der Waals surface area contributed by atoms with E-state index in [0.29, 0.717) is 34.4 Å². The van der Waals surface area contributed by atoms with Crippen molar-refractivity contribution in [2.75, 3.05) is 24.8 Å². The van der Waals surface area contributed by atoms with E-state index in [9.17, 15) is 14.4 Å². The molecule has 0 saturated carbocycles. The summed E-state index contributed by atoms with van der Waals surface area (Å²) < 4.78 is 10.8. The van der Waals surface area contributed by atoms with Crippen molar-refractivity contribution >= 4 is 52.2 Å². The first-order valence-corrected chi connectivity index (χ1v) is 10.8. The van der Waals surface area contributed by atoms with Gasteiger partial charge < -0.3 is 14.8 Å². The number of hydrogen-bond donors (Lipinski definition) is 1. The fourth-order valence-electron chi connectivity index (χ4n) is 2.91. The summed E-state index contributed by atoms with van der Waals surface area (Å²) in [5.74, 6) is 0.621. The Labute approximate surface area is 189 Å². The van der Waals surface area contributed by atoms with Crippen molar-refractivity contribution in [3.63, 3.8) is 0 Å². The second-order valence-corrected chi connectivity index (χ2v) is 7.85. The van der Waals surface area contributed by atoms with Crippen molar-refractivity contribution in [3.05, 3.63) is 58.6 Å². The van der Waals surface area contributed by atoms with Crippen LogP contribution in [0.15, 0.2) is 42.5 Å². The largest absolute Gasteiger partial charge is 0.491 e. The van der Waals surface area contributed by atoms with E-state index in [1.54, 1.807) is 42.5 Å². The molecule has 0 aromatic heterocycles. The van der Waals surface area contributed by atoms with Gasteiger partial charge in [0.1, 0.15) is 0 Å². The molecule has 0 atom stereocenters. The first-order chi connectivity index (χ1) is 14.9. The lowest BCUT2D eigenvalue weighted by Crippen LogP contribution is -2.27. The van der Waals surface area contributed by atoms with Crippen molar-refractivity contribution in [1.82, 2.24) is 4.90 Å². The van der Waals surface area contributed by atoms with Crippen LogP contribution in [0.3, 0.4) is 0 Å². The van der Waals surface area contributed by atoms with E-state index in [0.717, 1.165) is 17.3 Å². The van der Waals surface area contributed by atoms with E-state index >= 15 is 0 Å². The van der Waals surface area contributed by atoms with Gasteiger partial charge in [0.15, 0.2) is 11.5 Å². The molecule has 2 aromatic carbocycles. The van der Waals surface area contributed by atoms with E-state index in [1.807, 2.05) is 6.92 Å². The first kappa shape index (κ1) is 22.7. The van der Waals surface area contributed by atoms with Gasteiger partial charge in [0.25, 0.3) is 5.24 Å². The normalized spacial score (nSPS) is 13.7. The lowest BCUT2D eigenvalue weighted by molar-refractivity contribution is -0.125. The molecular formula is C22H21ClN2O5S. The molecule has 1 fully saturated rings. The third-order valence-electron chi connectivity index (χ3n) is 4.37. The summed E-state index contributed by atoms with van der Waals surface area (Å²) >= 11 is 7.23. The number of nitrogens with one attached hydrogen (secondary N) is 1. The van der Waals surface area contributed by atoms with Gasteiger partial charge in [-0.15, -0.1) is 0 Å². The number of nitrogens with zero attached hydrogens (tertiary/aromatic N) is 1. The molecule has 1 aliphatic rings. The number of rotatable bonds is 8. The molecule has 9 heteroatoms. The Morgan fingerprint density at radius 2 is 2.00 bits per heavy atom. The van der Waals surface area contributed by atoms with Crippen molar-refractivity contribution < 1.29 is 23.9 Å². The fourth-order valence-corrected chi connectivity index (χ4v) is 3.93. The van der Waals surface area contributed by atoms with Crippen LogP contribution in [0.4, 0.5) is 10.5 Å². The number of carbonyl (C=O) groups excluding carboxylic acids is 3. The highest BCUT2D eigenvalue weighted by Gasteiger charge is 2.29. The Morgan fingerprint density at radius 3 is 2.61 bits per heavy atom. The zero-order chi connectivity index (χ0) is 22.4. The summed E-state index contributed by atoms with van der Waals surface area (Å²) in [5.41, 5.74) is 2.08. The molecule has 1 aliphatic heterocycles. The van der Waals surface area contributed by atoms with Crippen molar-refractivity contribution in [3.8, 4) is 11.5 Å². The highest BCUT2D eigenvalue weighted by atomic mass is 35.5. The molecule has 0 bridgehead atoms. The fraction of sp³-hybridized carbons (Fsp3) is 0.227. The minimum absolute atomic E-state index is 0.185.